The van der Waals surface area contributed by atoms with Crippen molar-refractivity contribution in [1.29, 1.82) is 0 Å². The monoisotopic (exact) mass is 306 g/mol. The lowest BCUT2D eigenvalue weighted by Gasteiger charge is -2.30. The summed E-state index contributed by atoms with van der Waals surface area (Å²) in [5.74, 6) is 0. The van der Waals surface area contributed by atoms with Crippen molar-refractivity contribution in [2.75, 3.05) is 18.4 Å². The quantitative estimate of drug-likeness (QED) is 0.695. The van der Waals surface area contributed by atoms with Gasteiger partial charge in [0.2, 0.25) is 0 Å². The summed E-state index contributed by atoms with van der Waals surface area (Å²) in [4.78, 5) is 7.18. The van der Waals surface area contributed by atoms with Gasteiger partial charge in [0.05, 0.1) is 6.54 Å². The van der Waals surface area contributed by atoms with E-state index < -0.39 is 0 Å². The molecule has 1 heterocycles. The van der Waals surface area contributed by atoms with Crippen LogP contribution in [0.1, 0.15) is 40.0 Å². The normalized spacial score (nSPS) is 22.0. The Labute approximate surface area is 112 Å². The largest absolute Gasteiger partial charge is 0.349 e. The number of thioether (sulfide) groups is 1. The zero-order valence-electron chi connectivity index (χ0n) is 10.6. The van der Waals surface area contributed by atoms with E-state index in [1.807, 2.05) is 11.8 Å². The van der Waals surface area contributed by atoms with Crippen LogP contribution in [-0.4, -0.2) is 39.8 Å². The van der Waals surface area contributed by atoms with Crippen molar-refractivity contribution >= 4 is 32.9 Å². The average Bonchev–Trinajstić information content (AvgIpc) is 2.77. The number of aliphatic imine (C=N–C) groups is 1. The van der Waals surface area contributed by atoms with Crippen molar-refractivity contribution in [3.63, 3.8) is 0 Å². The van der Waals surface area contributed by atoms with Gasteiger partial charge in [0.1, 0.15) is 0 Å². The molecule has 2 atom stereocenters. The summed E-state index contributed by atoms with van der Waals surface area (Å²) >= 11 is 5.49. The van der Waals surface area contributed by atoms with Gasteiger partial charge in [0.25, 0.3) is 0 Å². The van der Waals surface area contributed by atoms with Gasteiger partial charge in [-0.3, -0.25) is 4.99 Å². The van der Waals surface area contributed by atoms with E-state index in [1.54, 1.807) is 0 Å². The second-order valence-electron chi connectivity index (χ2n) is 4.32. The van der Waals surface area contributed by atoms with Crippen LogP contribution in [0.5, 0.6) is 0 Å². The van der Waals surface area contributed by atoms with Crippen LogP contribution in [0, 0.1) is 0 Å². The second kappa shape index (κ2) is 7.59. The van der Waals surface area contributed by atoms with Gasteiger partial charge in [-0.1, -0.05) is 48.0 Å². The highest BCUT2D eigenvalue weighted by atomic mass is 79.9. The van der Waals surface area contributed by atoms with E-state index in [2.05, 4.69) is 46.6 Å². The van der Waals surface area contributed by atoms with Gasteiger partial charge in [-0.25, -0.2) is 0 Å². The highest BCUT2D eigenvalue weighted by molar-refractivity contribution is 9.09. The number of amidine groups is 1. The molecule has 0 spiro atoms. The molecule has 94 valence electrons. The van der Waals surface area contributed by atoms with E-state index in [-0.39, 0.29) is 0 Å². The number of hydrogen-bond acceptors (Lipinski definition) is 3. The summed E-state index contributed by atoms with van der Waals surface area (Å²) in [6, 6.07) is 0.617. The van der Waals surface area contributed by atoms with Crippen molar-refractivity contribution in [3.8, 4) is 0 Å². The Morgan fingerprint density at radius 1 is 1.56 bits per heavy atom. The van der Waals surface area contributed by atoms with Crippen molar-refractivity contribution in [2.24, 2.45) is 4.99 Å². The molecule has 0 bridgehead atoms. The van der Waals surface area contributed by atoms with Crippen LogP contribution >= 0.6 is 27.7 Å². The summed E-state index contributed by atoms with van der Waals surface area (Å²) in [5.41, 5.74) is 0. The molecule has 1 rings (SSSR count). The lowest BCUT2D eigenvalue weighted by molar-refractivity contribution is 0.322. The number of unbranched alkanes of at least 4 members (excludes halogenated alkanes) is 1. The predicted octanol–water partition coefficient (Wildman–Crippen LogP) is 3.75. The molecule has 2 unspecified atom stereocenters. The van der Waals surface area contributed by atoms with E-state index in [9.17, 15) is 0 Å². The van der Waals surface area contributed by atoms with Crippen LogP contribution in [0.25, 0.3) is 0 Å². The summed E-state index contributed by atoms with van der Waals surface area (Å²) in [5, 5.41) is 2.96. The van der Waals surface area contributed by atoms with Gasteiger partial charge < -0.3 is 4.90 Å². The topological polar surface area (TPSA) is 15.6 Å². The fourth-order valence-electron chi connectivity index (χ4n) is 1.70. The van der Waals surface area contributed by atoms with Gasteiger partial charge in [-0.15, -0.1) is 0 Å². The predicted molar refractivity (Wildman–Crippen MR) is 78.8 cm³/mol. The molecule has 0 fully saturated rings. The molecule has 16 heavy (non-hydrogen) atoms. The van der Waals surface area contributed by atoms with E-state index in [4.69, 9.17) is 0 Å². The third-order valence-electron chi connectivity index (χ3n) is 3.00. The minimum Gasteiger partial charge on any atom is -0.349 e. The third kappa shape index (κ3) is 3.95. The molecule has 0 saturated carbocycles. The van der Waals surface area contributed by atoms with E-state index in [0.717, 1.165) is 18.4 Å². The molecule has 1 aliphatic rings. The highest BCUT2D eigenvalue weighted by Gasteiger charge is 2.25. The summed E-state index contributed by atoms with van der Waals surface area (Å²) in [7, 11) is 0. The Morgan fingerprint density at radius 2 is 2.31 bits per heavy atom. The fraction of sp³-hybridized carbons (Fsp3) is 0.917. The molecule has 0 radical (unpaired) electrons. The molecule has 0 aromatic carbocycles. The maximum absolute atomic E-state index is 4.69. The van der Waals surface area contributed by atoms with Gasteiger partial charge in [-0.05, 0) is 19.8 Å². The van der Waals surface area contributed by atoms with Gasteiger partial charge in [0.15, 0.2) is 5.17 Å². The van der Waals surface area contributed by atoms with Crippen LogP contribution < -0.4 is 0 Å². The molecule has 0 saturated heterocycles. The first-order valence-corrected chi connectivity index (χ1v) is 8.26. The summed E-state index contributed by atoms with van der Waals surface area (Å²) in [6.45, 7) is 8.95. The van der Waals surface area contributed by atoms with Crippen LogP contribution in [0.15, 0.2) is 4.99 Å². The minimum absolute atomic E-state index is 0.617. The number of rotatable bonds is 6. The Kier molecular flexibility index (Phi) is 6.81. The van der Waals surface area contributed by atoms with Crippen LogP contribution in [0.3, 0.4) is 0 Å². The average molecular weight is 307 g/mol. The van der Waals surface area contributed by atoms with Gasteiger partial charge in [0, 0.05) is 23.2 Å². The number of alkyl halides is 1. The Morgan fingerprint density at radius 3 is 2.81 bits per heavy atom. The molecule has 2 nitrogen and oxygen atoms in total. The highest BCUT2D eigenvalue weighted by Crippen LogP contribution is 2.26. The standard InChI is InChI=1S/C12H23BrN2S/c1-4-6-7-15(10(3)5-2)12-14-9-11(8-13)16-12/h10-11H,4-9H2,1-3H3. The van der Waals surface area contributed by atoms with Crippen molar-refractivity contribution in [1.82, 2.24) is 4.90 Å². The molecular weight excluding hydrogens is 284 g/mol. The molecule has 1 aliphatic heterocycles. The minimum atomic E-state index is 0.617. The van der Waals surface area contributed by atoms with Crippen LogP contribution in [-0.2, 0) is 0 Å². The van der Waals surface area contributed by atoms with E-state index in [1.165, 1.54) is 24.4 Å². The molecule has 0 aromatic heterocycles. The zero-order valence-corrected chi connectivity index (χ0v) is 13.0. The Balaban J connectivity index is 2.55. The first-order valence-electron chi connectivity index (χ1n) is 6.26. The van der Waals surface area contributed by atoms with Crippen molar-refractivity contribution in [3.05, 3.63) is 0 Å². The van der Waals surface area contributed by atoms with Crippen molar-refractivity contribution in [2.45, 2.75) is 51.3 Å². The first kappa shape index (κ1) is 14.4. The fourth-order valence-corrected chi connectivity index (χ4v) is 3.36. The van der Waals surface area contributed by atoms with Crippen LogP contribution in [0.4, 0.5) is 0 Å². The summed E-state index contributed by atoms with van der Waals surface area (Å²) in [6.07, 6.45) is 3.72. The molecule has 0 N–H and O–H groups in total. The van der Waals surface area contributed by atoms with Crippen LogP contribution in [0.2, 0.25) is 0 Å². The smallest absolute Gasteiger partial charge is 0.159 e. The molecule has 0 amide bonds. The summed E-state index contributed by atoms with van der Waals surface area (Å²) < 4.78 is 0. The van der Waals surface area contributed by atoms with Gasteiger partial charge >= 0.3 is 0 Å². The number of nitrogens with zero attached hydrogens (tertiary/aromatic N) is 2. The van der Waals surface area contributed by atoms with E-state index >= 15 is 0 Å². The third-order valence-corrected chi connectivity index (χ3v) is 5.43. The molecular formula is C12H23BrN2S. The van der Waals surface area contributed by atoms with E-state index in [0.29, 0.717) is 11.3 Å². The van der Waals surface area contributed by atoms with Gasteiger partial charge in [-0.2, -0.15) is 0 Å². The second-order valence-corrected chi connectivity index (χ2v) is 6.24. The number of halogens is 1. The molecule has 0 aromatic rings. The maximum atomic E-state index is 4.69. The first-order chi connectivity index (χ1) is 7.72. The molecule has 4 heteroatoms. The lowest BCUT2D eigenvalue weighted by atomic mass is 10.2. The number of hydrogen-bond donors (Lipinski definition) is 0. The lowest BCUT2D eigenvalue weighted by Crippen LogP contribution is -2.37. The Hall–Kier alpha value is 0.300. The van der Waals surface area contributed by atoms with Crippen molar-refractivity contribution < 1.29 is 0 Å². The zero-order chi connectivity index (χ0) is 12.0. The maximum Gasteiger partial charge on any atom is 0.159 e. The SMILES string of the molecule is CCCCN(C1=NCC(CBr)S1)C(C)CC. The molecule has 0 aliphatic carbocycles. The Bertz CT molecular complexity index is 233.